The van der Waals surface area contributed by atoms with Gasteiger partial charge in [0.2, 0.25) is 11.8 Å². The van der Waals surface area contributed by atoms with Gasteiger partial charge in [0, 0.05) is 25.1 Å². The number of para-hydroxylation sites is 1. The number of unbranched alkanes of at least 4 members (excludes halogenated alkanes) is 2. The number of allylic oxidation sites excluding steroid dienone is 1. The van der Waals surface area contributed by atoms with Crippen molar-refractivity contribution in [3.63, 3.8) is 0 Å². The summed E-state index contributed by atoms with van der Waals surface area (Å²) in [6.45, 7) is 3.13. The molecule has 8 nitrogen and oxygen atoms in total. The molecule has 0 aromatic heterocycles. The Balaban J connectivity index is 2.10. The Morgan fingerprint density at radius 2 is 1.69 bits per heavy atom. The number of methoxy groups -OCH3 is 2. The van der Waals surface area contributed by atoms with E-state index in [-0.39, 0.29) is 18.4 Å². The summed E-state index contributed by atoms with van der Waals surface area (Å²) in [5.74, 6) is 0.300. The smallest absolute Gasteiger partial charge is 0.496 e. The topological polar surface area (TPSA) is 94.2 Å². The fourth-order valence-corrected chi connectivity index (χ4v) is 4.19. The number of nitrogens with zero attached hydrogens (tertiary/aromatic N) is 1. The highest BCUT2D eigenvalue weighted by Crippen LogP contribution is 2.31. The summed E-state index contributed by atoms with van der Waals surface area (Å²) >= 11 is 0. The van der Waals surface area contributed by atoms with Crippen LogP contribution in [0.3, 0.4) is 0 Å². The van der Waals surface area contributed by atoms with E-state index in [9.17, 15) is 14.4 Å². The Morgan fingerprint density at radius 3 is 2.41 bits per heavy atom. The van der Waals surface area contributed by atoms with Crippen molar-refractivity contribution in [1.82, 2.24) is 10.2 Å². The van der Waals surface area contributed by atoms with E-state index in [0.29, 0.717) is 50.1 Å². The molecule has 0 spiro atoms. The molecular formula is C31H42N2O6. The standard InChI is InChI=1S/C31H42N2O6/c1-4-5-23-33(28(34)21-15-18-25-16-9-8-10-17-25)29(26-19-11-12-20-27(26)37-2)30(35)32-22-13-6-7-14-24-39-31(36)38-3/h7-12,14,16-17,19-20,29H,4-6,13,15,18,21-24H2,1-3H3,(H,32,35)/b14-7+. The van der Waals surface area contributed by atoms with Crippen LogP contribution in [0.4, 0.5) is 4.79 Å². The SMILES string of the molecule is CCCCN(C(=O)CCCc1ccccc1)C(C(=O)NCCC/C=C/COC(=O)OC)c1ccccc1OC. The molecule has 0 bridgehead atoms. The molecule has 0 aliphatic heterocycles. The lowest BCUT2D eigenvalue weighted by Crippen LogP contribution is -2.44. The second-order valence-electron chi connectivity index (χ2n) is 9.09. The Hall–Kier alpha value is -3.81. The van der Waals surface area contributed by atoms with E-state index in [4.69, 9.17) is 9.47 Å². The molecule has 8 heteroatoms. The summed E-state index contributed by atoms with van der Waals surface area (Å²) in [5.41, 5.74) is 1.86. The third-order valence-corrected chi connectivity index (χ3v) is 6.24. The number of amides is 2. The van der Waals surface area contributed by atoms with E-state index in [1.807, 2.05) is 48.5 Å². The number of aryl methyl sites for hydroxylation is 1. The van der Waals surface area contributed by atoms with E-state index in [1.165, 1.54) is 12.7 Å². The highest BCUT2D eigenvalue weighted by atomic mass is 16.7. The molecule has 39 heavy (non-hydrogen) atoms. The molecule has 0 saturated heterocycles. The first kappa shape index (κ1) is 31.4. The summed E-state index contributed by atoms with van der Waals surface area (Å²) < 4.78 is 14.8. The van der Waals surface area contributed by atoms with E-state index < -0.39 is 12.2 Å². The molecule has 2 rings (SSSR count). The fraction of sp³-hybridized carbons (Fsp3) is 0.452. The maximum Gasteiger partial charge on any atom is 0.508 e. The minimum atomic E-state index is -0.791. The highest BCUT2D eigenvalue weighted by molar-refractivity contribution is 5.89. The Labute approximate surface area is 232 Å². The molecule has 0 aliphatic carbocycles. The van der Waals surface area contributed by atoms with Gasteiger partial charge in [0.15, 0.2) is 0 Å². The third-order valence-electron chi connectivity index (χ3n) is 6.24. The number of ether oxygens (including phenoxy) is 3. The van der Waals surface area contributed by atoms with Crippen molar-refractivity contribution < 1.29 is 28.6 Å². The molecule has 2 amide bonds. The summed E-state index contributed by atoms with van der Waals surface area (Å²) in [7, 11) is 2.83. The molecule has 0 fully saturated rings. The normalized spacial score (nSPS) is 11.6. The van der Waals surface area contributed by atoms with Crippen molar-refractivity contribution >= 4 is 18.0 Å². The molecule has 2 aromatic carbocycles. The maximum absolute atomic E-state index is 13.6. The number of benzene rings is 2. The molecule has 0 radical (unpaired) electrons. The predicted octanol–water partition coefficient (Wildman–Crippen LogP) is 5.62. The molecule has 0 saturated carbocycles. The minimum Gasteiger partial charge on any atom is -0.496 e. The predicted molar refractivity (Wildman–Crippen MR) is 151 cm³/mol. The van der Waals surface area contributed by atoms with Crippen LogP contribution in [0.1, 0.15) is 62.6 Å². The Morgan fingerprint density at radius 1 is 0.949 bits per heavy atom. The molecule has 0 aliphatic rings. The zero-order valence-corrected chi connectivity index (χ0v) is 23.4. The first-order valence-corrected chi connectivity index (χ1v) is 13.6. The number of carbonyl (C=O) groups excluding carboxylic acids is 3. The molecule has 2 aromatic rings. The van der Waals surface area contributed by atoms with Crippen LogP contribution in [0.15, 0.2) is 66.7 Å². The second kappa shape index (κ2) is 18.4. The van der Waals surface area contributed by atoms with Gasteiger partial charge in [0.05, 0.1) is 14.2 Å². The van der Waals surface area contributed by atoms with Gasteiger partial charge < -0.3 is 24.4 Å². The van der Waals surface area contributed by atoms with Gasteiger partial charge in [-0.1, -0.05) is 74.0 Å². The summed E-state index contributed by atoms with van der Waals surface area (Å²) in [6.07, 6.45) is 7.85. The Bertz CT molecular complexity index is 1040. The van der Waals surface area contributed by atoms with Crippen molar-refractivity contribution in [1.29, 1.82) is 0 Å². The summed E-state index contributed by atoms with van der Waals surface area (Å²) in [5, 5.41) is 3.02. The van der Waals surface area contributed by atoms with E-state index in [2.05, 4.69) is 29.1 Å². The third kappa shape index (κ3) is 11.2. The number of hydrogen-bond acceptors (Lipinski definition) is 6. The van der Waals surface area contributed by atoms with E-state index in [1.54, 1.807) is 18.1 Å². The van der Waals surface area contributed by atoms with E-state index in [0.717, 1.165) is 19.3 Å². The zero-order valence-electron chi connectivity index (χ0n) is 23.4. The van der Waals surface area contributed by atoms with Crippen LogP contribution in [0.25, 0.3) is 0 Å². The van der Waals surface area contributed by atoms with Gasteiger partial charge in [0.1, 0.15) is 18.4 Å². The fourth-order valence-electron chi connectivity index (χ4n) is 4.19. The summed E-state index contributed by atoms with van der Waals surface area (Å²) in [6, 6.07) is 16.7. The van der Waals surface area contributed by atoms with Crippen LogP contribution < -0.4 is 10.1 Å². The molecular weight excluding hydrogens is 496 g/mol. The van der Waals surface area contributed by atoms with Crippen molar-refractivity contribution in [2.24, 2.45) is 0 Å². The van der Waals surface area contributed by atoms with Crippen LogP contribution in [-0.4, -0.2) is 56.8 Å². The quantitative estimate of drug-likeness (QED) is 0.160. The average molecular weight is 539 g/mol. The summed E-state index contributed by atoms with van der Waals surface area (Å²) in [4.78, 5) is 39.9. The second-order valence-corrected chi connectivity index (χ2v) is 9.09. The maximum atomic E-state index is 13.6. The first-order chi connectivity index (χ1) is 19.0. The molecule has 1 N–H and O–H groups in total. The largest absolute Gasteiger partial charge is 0.508 e. The van der Waals surface area contributed by atoms with Gasteiger partial charge in [-0.15, -0.1) is 0 Å². The van der Waals surface area contributed by atoms with Gasteiger partial charge >= 0.3 is 6.16 Å². The first-order valence-electron chi connectivity index (χ1n) is 13.6. The monoisotopic (exact) mass is 538 g/mol. The number of hydrogen-bond donors (Lipinski definition) is 1. The molecule has 0 heterocycles. The van der Waals surface area contributed by atoms with Crippen LogP contribution in [0.5, 0.6) is 5.75 Å². The lowest BCUT2D eigenvalue weighted by molar-refractivity contribution is -0.141. The van der Waals surface area contributed by atoms with Crippen molar-refractivity contribution in [2.45, 2.75) is 57.9 Å². The average Bonchev–Trinajstić information content (AvgIpc) is 2.96. The van der Waals surface area contributed by atoms with Crippen molar-refractivity contribution in [3.8, 4) is 5.75 Å². The van der Waals surface area contributed by atoms with Crippen LogP contribution in [0.2, 0.25) is 0 Å². The number of rotatable bonds is 17. The van der Waals surface area contributed by atoms with Gasteiger partial charge in [-0.2, -0.15) is 0 Å². The van der Waals surface area contributed by atoms with E-state index >= 15 is 0 Å². The van der Waals surface area contributed by atoms with Crippen LogP contribution >= 0.6 is 0 Å². The van der Waals surface area contributed by atoms with Gasteiger partial charge in [-0.3, -0.25) is 9.59 Å². The minimum absolute atomic E-state index is 0.0426. The highest BCUT2D eigenvalue weighted by Gasteiger charge is 2.32. The van der Waals surface area contributed by atoms with Gasteiger partial charge in [-0.25, -0.2) is 4.79 Å². The van der Waals surface area contributed by atoms with Crippen molar-refractivity contribution in [2.75, 3.05) is 33.9 Å². The van der Waals surface area contributed by atoms with Gasteiger partial charge in [-0.05, 0) is 43.7 Å². The number of carbonyl (C=O) groups is 3. The lowest BCUT2D eigenvalue weighted by atomic mass is 10.0. The molecule has 212 valence electrons. The Kier molecular flexibility index (Phi) is 14.9. The van der Waals surface area contributed by atoms with Crippen LogP contribution in [-0.2, 0) is 25.5 Å². The molecule has 1 atom stereocenters. The zero-order chi connectivity index (χ0) is 28.3. The lowest BCUT2D eigenvalue weighted by Gasteiger charge is -2.32. The number of nitrogens with one attached hydrogen (secondary N) is 1. The van der Waals surface area contributed by atoms with Crippen molar-refractivity contribution in [3.05, 3.63) is 77.9 Å². The molecule has 1 unspecified atom stereocenters. The van der Waals surface area contributed by atoms with Gasteiger partial charge in [0.25, 0.3) is 0 Å². The van der Waals surface area contributed by atoms with Crippen LogP contribution in [0, 0.1) is 0 Å².